The fourth-order valence-electron chi connectivity index (χ4n) is 1.13. The third-order valence-corrected chi connectivity index (χ3v) is 1.85. The molecule has 1 aromatic carbocycles. The van der Waals surface area contributed by atoms with E-state index in [-0.39, 0.29) is 6.61 Å². The molecule has 3 nitrogen and oxygen atoms in total. The van der Waals surface area contributed by atoms with Crippen molar-refractivity contribution in [3.05, 3.63) is 24.3 Å². The maximum absolute atomic E-state index is 11.7. The molecule has 0 aliphatic rings. The largest absolute Gasteiger partial charge is 0.491 e. The maximum atomic E-state index is 11.7. The number of halogens is 2. The lowest BCUT2D eigenvalue weighted by Gasteiger charge is -2.08. The van der Waals surface area contributed by atoms with Crippen LogP contribution in [0.5, 0.6) is 5.75 Å². The first-order chi connectivity index (χ1) is 7.70. The molecule has 2 N–H and O–H groups in total. The van der Waals surface area contributed by atoms with Crippen molar-refractivity contribution in [2.45, 2.75) is 12.8 Å². The van der Waals surface area contributed by atoms with E-state index in [2.05, 4.69) is 0 Å². The first kappa shape index (κ1) is 12.7. The molecule has 0 atom stereocenters. The monoisotopic (exact) mass is 231 g/mol. The topological polar surface area (TPSA) is 44.5 Å². The molecule has 0 saturated heterocycles. The number of ether oxygens (including phenoxy) is 2. The molecule has 0 fully saturated rings. The summed E-state index contributed by atoms with van der Waals surface area (Å²) >= 11 is 0. The van der Waals surface area contributed by atoms with Gasteiger partial charge in [0.15, 0.2) is 0 Å². The summed E-state index contributed by atoms with van der Waals surface area (Å²) in [4.78, 5) is 0. The van der Waals surface area contributed by atoms with E-state index >= 15 is 0 Å². The van der Waals surface area contributed by atoms with Crippen LogP contribution in [-0.4, -0.2) is 26.2 Å². The highest BCUT2D eigenvalue weighted by Gasteiger charge is 2.01. The third kappa shape index (κ3) is 4.93. The van der Waals surface area contributed by atoms with Crippen molar-refractivity contribution in [2.75, 3.05) is 25.6 Å². The van der Waals surface area contributed by atoms with E-state index in [9.17, 15) is 8.78 Å². The average molecular weight is 231 g/mol. The molecule has 0 radical (unpaired) electrons. The van der Waals surface area contributed by atoms with Crippen LogP contribution in [0.25, 0.3) is 0 Å². The van der Waals surface area contributed by atoms with Crippen LogP contribution in [-0.2, 0) is 4.74 Å². The summed E-state index contributed by atoms with van der Waals surface area (Å²) < 4.78 is 33.4. The average Bonchev–Trinajstić information content (AvgIpc) is 2.25. The Kier molecular flexibility index (Phi) is 5.56. The summed E-state index contributed by atoms with van der Waals surface area (Å²) in [5.74, 6) is 0.608. The van der Waals surface area contributed by atoms with Gasteiger partial charge >= 0.3 is 0 Å². The van der Waals surface area contributed by atoms with Crippen molar-refractivity contribution >= 4 is 5.69 Å². The molecule has 1 rings (SSSR count). The molecule has 0 spiro atoms. The van der Waals surface area contributed by atoms with Crippen molar-refractivity contribution in [3.63, 3.8) is 0 Å². The normalized spacial score (nSPS) is 10.7. The van der Waals surface area contributed by atoms with Crippen LogP contribution in [0.2, 0.25) is 0 Å². The minimum Gasteiger partial charge on any atom is -0.491 e. The quantitative estimate of drug-likeness (QED) is 0.578. The van der Waals surface area contributed by atoms with Gasteiger partial charge < -0.3 is 15.2 Å². The Morgan fingerprint density at radius 1 is 1.19 bits per heavy atom. The van der Waals surface area contributed by atoms with Crippen LogP contribution in [0.4, 0.5) is 14.5 Å². The van der Waals surface area contributed by atoms with E-state index in [0.29, 0.717) is 24.5 Å². The minimum atomic E-state index is -2.41. The Labute approximate surface area is 93.2 Å². The van der Waals surface area contributed by atoms with Crippen LogP contribution in [0.1, 0.15) is 6.42 Å². The first-order valence-corrected chi connectivity index (χ1v) is 5.03. The van der Waals surface area contributed by atoms with Gasteiger partial charge in [-0.2, -0.15) is 0 Å². The number of nitrogens with two attached hydrogens (primary N) is 1. The van der Waals surface area contributed by atoms with Crippen LogP contribution < -0.4 is 10.5 Å². The summed E-state index contributed by atoms with van der Waals surface area (Å²) in [5, 5.41) is 0. The molecule has 0 amide bonds. The highest BCUT2D eigenvalue weighted by molar-refractivity contribution is 5.51. The lowest BCUT2D eigenvalue weighted by atomic mass is 10.3. The van der Waals surface area contributed by atoms with Crippen LogP contribution in [0.3, 0.4) is 0 Å². The third-order valence-electron chi connectivity index (χ3n) is 1.85. The second-order valence-electron chi connectivity index (χ2n) is 3.21. The molecule has 0 saturated carbocycles. The molecule has 0 aliphatic carbocycles. The number of nitrogen functional groups attached to an aromatic ring is 1. The highest BCUT2D eigenvalue weighted by atomic mass is 19.3. The Morgan fingerprint density at radius 3 is 2.62 bits per heavy atom. The number of hydrogen-bond acceptors (Lipinski definition) is 3. The molecule has 16 heavy (non-hydrogen) atoms. The zero-order valence-corrected chi connectivity index (χ0v) is 8.86. The number of alkyl halides is 2. The standard InChI is InChI=1S/C11H15F2NO2/c12-11(13)8-15-6-3-7-16-10-5-2-1-4-9(10)14/h1-2,4-5,11H,3,6-8,14H2. The predicted octanol–water partition coefficient (Wildman–Crippen LogP) is 2.32. The lowest BCUT2D eigenvalue weighted by Crippen LogP contribution is -2.08. The Morgan fingerprint density at radius 2 is 1.94 bits per heavy atom. The molecular weight excluding hydrogens is 216 g/mol. The van der Waals surface area contributed by atoms with Crippen molar-refractivity contribution < 1.29 is 18.3 Å². The van der Waals surface area contributed by atoms with Gasteiger partial charge in [0.05, 0.1) is 18.9 Å². The molecular formula is C11H15F2NO2. The van der Waals surface area contributed by atoms with E-state index in [4.69, 9.17) is 15.2 Å². The molecule has 0 bridgehead atoms. The molecule has 90 valence electrons. The van der Waals surface area contributed by atoms with Crippen LogP contribution in [0, 0.1) is 0 Å². The SMILES string of the molecule is Nc1ccccc1OCCCOCC(F)F. The van der Waals surface area contributed by atoms with E-state index < -0.39 is 13.0 Å². The van der Waals surface area contributed by atoms with E-state index in [1.807, 2.05) is 12.1 Å². The minimum absolute atomic E-state index is 0.261. The number of anilines is 1. The van der Waals surface area contributed by atoms with Crippen molar-refractivity contribution in [2.24, 2.45) is 0 Å². The summed E-state index contributed by atoms with van der Waals surface area (Å²) in [7, 11) is 0. The van der Waals surface area contributed by atoms with Gasteiger partial charge in [-0.1, -0.05) is 12.1 Å². The van der Waals surface area contributed by atoms with Crippen molar-refractivity contribution in [3.8, 4) is 5.75 Å². The van der Waals surface area contributed by atoms with Gasteiger partial charge in [-0.25, -0.2) is 8.78 Å². The van der Waals surface area contributed by atoms with Gasteiger partial charge in [0.2, 0.25) is 0 Å². The van der Waals surface area contributed by atoms with Gasteiger partial charge in [-0.05, 0) is 12.1 Å². The van der Waals surface area contributed by atoms with E-state index in [1.165, 1.54) is 0 Å². The Balaban J connectivity index is 2.10. The van der Waals surface area contributed by atoms with Gasteiger partial charge in [0, 0.05) is 6.42 Å². The Bertz CT molecular complexity index is 308. The summed E-state index contributed by atoms with van der Waals surface area (Å²) in [6, 6.07) is 7.13. The maximum Gasteiger partial charge on any atom is 0.261 e. The highest BCUT2D eigenvalue weighted by Crippen LogP contribution is 2.19. The molecule has 1 aromatic rings. The van der Waals surface area contributed by atoms with Gasteiger partial charge in [-0.3, -0.25) is 0 Å². The van der Waals surface area contributed by atoms with Gasteiger partial charge in [0.1, 0.15) is 12.4 Å². The molecule has 0 aromatic heterocycles. The second-order valence-corrected chi connectivity index (χ2v) is 3.21. The van der Waals surface area contributed by atoms with E-state index in [1.54, 1.807) is 12.1 Å². The molecule has 5 heteroatoms. The second kappa shape index (κ2) is 7.00. The Hall–Kier alpha value is -1.36. The number of benzene rings is 1. The molecule has 0 aliphatic heterocycles. The zero-order chi connectivity index (χ0) is 11.8. The fourth-order valence-corrected chi connectivity index (χ4v) is 1.13. The summed E-state index contributed by atoms with van der Waals surface area (Å²) in [6.07, 6.45) is -1.85. The van der Waals surface area contributed by atoms with Crippen molar-refractivity contribution in [1.29, 1.82) is 0 Å². The zero-order valence-electron chi connectivity index (χ0n) is 8.86. The van der Waals surface area contributed by atoms with E-state index in [0.717, 1.165) is 0 Å². The van der Waals surface area contributed by atoms with Crippen LogP contribution in [0.15, 0.2) is 24.3 Å². The smallest absolute Gasteiger partial charge is 0.261 e. The van der Waals surface area contributed by atoms with Gasteiger partial charge in [0.25, 0.3) is 6.43 Å². The lowest BCUT2D eigenvalue weighted by molar-refractivity contribution is 0.0139. The first-order valence-electron chi connectivity index (χ1n) is 5.03. The molecule has 0 unspecified atom stereocenters. The van der Waals surface area contributed by atoms with Crippen molar-refractivity contribution in [1.82, 2.24) is 0 Å². The molecule has 0 heterocycles. The number of hydrogen-bond donors (Lipinski definition) is 1. The fraction of sp³-hybridized carbons (Fsp3) is 0.455. The predicted molar refractivity (Wildman–Crippen MR) is 57.8 cm³/mol. The summed E-state index contributed by atoms with van der Waals surface area (Å²) in [6.45, 7) is 0.141. The number of rotatable bonds is 7. The number of para-hydroxylation sites is 2. The summed E-state index contributed by atoms with van der Waals surface area (Å²) in [5.41, 5.74) is 6.21. The van der Waals surface area contributed by atoms with Crippen LogP contribution >= 0.6 is 0 Å². The van der Waals surface area contributed by atoms with Gasteiger partial charge in [-0.15, -0.1) is 0 Å².